The second-order valence-corrected chi connectivity index (χ2v) is 8.42. The number of anilines is 1. The molecule has 2 aromatic carbocycles. The molecule has 0 saturated heterocycles. The third-order valence-electron chi connectivity index (χ3n) is 5.83. The third kappa shape index (κ3) is 5.40. The van der Waals surface area contributed by atoms with Crippen molar-refractivity contribution in [2.24, 2.45) is 0 Å². The van der Waals surface area contributed by atoms with Gasteiger partial charge in [0, 0.05) is 6.20 Å². The average Bonchev–Trinajstić information content (AvgIpc) is 3.58. The summed E-state index contributed by atoms with van der Waals surface area (Å²) in [5.74, 6) is 0.924. The van der Waals surface area contributed by atoms with Crippen LogP contribution in [0, 0.1) is 0 Å². The Morgan fingerprint density at radius 1 is 1.09 bits per heavy atom. The molecule has 1 aliphatic carbocycles. The lowest BCUT2D eigenvalue weighted by Crippen LogP contribution is -2.10. The van der Waals surface area contributed by atoms with Crippen LogP contribution in [-0.4, -0.2) is 15.7 Å². The summed E-state index contributed by atoms with van der Waals surface area (Å²) < 4.78 is 51.6. The van der Waals surface area contributed by atoms with Crippen molar-refractivity contribution in [3.05, 3.63) is 101 Å². The zero-order chi connectivity index (χ0) is 24.4. The minimum Gasteiger partial charge on any atom is -0.486 e. The molecular formula is C26H22F3N3O3. The van der Waals surface area contributed by atoms with Crippen LogP contribution in [0.25, 0.3) is 0 Å². The van der Waals surface area contributed by atoms with E-state index in [1.165, 1.54) is 34.5 Å². The van der Waals surface area contributed by atoms with Crippen molar-refractivity contribution in [1.29, 1.82) is 0 Å². The third-order valence-corrected chi connectivity index (χ3v) is 5.83. The molecule has 4 aromatic rings. The van der Waals surface area contributed by atoms with Gasteiger partial charge in [-0.3, -0.25) is 9.48 Å². The Morgan fingerprint density at radius 2 is 1.94 bits per heavy atom. The van der Waals surface area contributed by atoms with E-state index in [1.54, 1.807) is 24.4 Å². The van der Waals surface area contributed by atoms with Crippen molar-refractivity contribution in [3.63, 3.8) is 0 Å². The minimum atomic E-state index is -4.41. The van der Waals surface area contributed by atoms with Crippen LogP contribution in [0.1, 0.15) is 45.0 Å². The van der Waals surface area contributed by atoms with Crippen molar-refractivity contribution < 1.29 is 27.1 Å². The van der Waals surface area contributed by atoms with Crippen molar-refractivity contribution in [1.82, 2.24) is 9.78 Å². The van der Waals surface area contributed by atoms with Gasteiger partial charge in [-0.1, -0.05) is 18.2 Å². The van der Waals surface area contributed by atoms with Crippen molar-refractivity contribution in [3.8, 4) is 5.75 Å². The Kier molecular flexibility index (Phi) is 6.07. The summed E-state index contributed by atoms with van der Waals surface area (Å²) >= 11 is 0. The molecule has 1 amide bonds. The highest BCUT2D eigenvalue weighted by molar-refractivity contribution is 6.02. The summed E-state index contributed by atoms with van der Waals surface area (Å²) in [6, 6.07) is 14.4. The number of ether oxygens (including phenoxy) is 1. The number of carbonyl (C=O) groups is 1. The monoisotopic (exact) mass is 481 g/mol. The van der Waals surface area contributed by atoms with Crippen LogP contribution in [0.4, 0.5) is 18.9 Å². The SMILES string of the molecule is O=C(Nc1cnn(Cc2cccc(C(F)(F)F)c2)c1)c1ccc(COc2ccc3c(c2)CCC3)o1. The summed E-state index contributed by atoms with van der Waals surface area (Å²) in [6.45, 7) is 0.325. The Hall–Kier alpha value is -4.01. The largest absolute Gasteiger partial charge is 0.486 e. The molecule has 1 aliphatic rings. The first-order chi connectivity index (χ1) is 16.8. The number of aryl methyl sites for hydroxylation is 2. The number of hydrogen-bond donors (Lipinski definition) is 1. The second-order valence-electron chi connectivity index (χ2n) is 8.42. The van der Waals surface area contributed by atoms with Gasteiger partial charge in [-0.25, -0.2) is 0 Å². The molecular weight excluding hydrogens is 459 g/mol. The summed E-state index contributed by atoms with van der Waals surface area (Å²) in [5.41, 5.74) is 2.81. The van der Waals surface area contributed by atoms with E-state index >= 15 is 0 Å². The van der Waals surface area contributed by atoms with E-state index in [0.717, 1.165) is 30.7 Å². The van der Waals surface area contributed by atoms with Gasteiger partial charge in [0.25, 0.3) is 5.91 Å². The number of hydrogen-bond acceptors (Lipinski definition) is 4. The van der Waals surface area contributed by atoms with Gasteiger partial charge in [-0.2, -0.15) is 18.3 Å². The Morgan fingerprint density at radius 3 is 2.80 bits per heavy atom. The quantitative estimate of drug-likeness (QED) is 0.359. The van der Waals surface area contributed by atoms with Gasteiger partial charge in [0.05, 0.1) is 24.0 Å². The van der Waals surface area contributed by atoms with E-state index in [4.69, 9.17) is 9.15 Å². The van der Waals surface area contributed by atoms with E-state index in [-0.39, 0.29) is 18.9 Å². The molecule has 2 heterocycles. The average molecular weight is 481 g/mol. The zero-order valence-electron chi connectivity index (χ0n) is 18.6. The first-order valence-electron chi connectivity index (χ1n) is 11.2. The van der Waals surface area contributed by atoms with Crippen LogP contribution in [0.15, 0.2) is 71.4 Å². The number of benzene rings is 2. The van der Waals surface area contributed by atoms with Gasteiger partial charge in [-0.05, 0) is 72.4 Å². The van der Waals surface area contributed by atoms with E-state index < -0.39 is 17.6 Å². The molecule has 1 N–H and O–H groups in total. The number of amides is 1. The minimum absolute atomic E-state index is 0.114. The maximum absolute atomic E-state index is 12.9. The summed E-state index contributed by atoms with van der Waals surface area (Å²) in [4.78, 5) is 12.5. The number of nitrogens with one attached hydrogen (secondary N) is 1. The molecule has 0 fully saturated rings. The van der Waals surface area contributed by atoms with Crippen LogP contribution >= 0.6 is 0 Å². The maximum atomic E-state index is 12.9. The maximum Gasteiger partial charge on any atom is 0.416 e. The highest BCUT2D eigenvalue weighted by Crippen LogP contribution is 2.30. The molecule has 0 radical (unpaired) electrons. The highest BCUT2D eigenvalue weighted by atomic mass is 19.4. The molecule has 0 spiro atoms. The molecule has 9 heteroatoms. The summed E-state index contributed by atoms with van der Waals surface area (Å²) in [5, 5.41) is 6.79. The molecule has 0 bridgehead atoms. The Balaban J connectivity index is 1.17. The number of rotatable bonds is 7. The fourth-order valence-corrected chi connectivity index (χ4v) is 4.11. The highest BCUT2D eigenvalue weighted by Gasteiger charge is 2.30. The van der Waals surface area contributed by atoms with Crippen molar-refractivity contribution >= 4 is 11.6 Å². The van der Waals surface area contributed by atoms with E-state index in [9.17, 15) is 18.0 Å². The van der Waals surface area contributed by atoms with Crippen LogP contribution in [0.3, 0.4) is 0 Å². The summed E-state index contributed by atoms with van der Waals surface area (Å²) in [6.07, 6.45) is 1.89. The number of halogens is 3. The molecule has 2 aromatic heterocycles. The lowest BCUT2D eigenvalue weighted by molar-refractivity contribution is -0.137. The van der Waals surface area contributed by atoms with Gasteiger partial charge in [-0.15, -0.1) is 0 Å². The van der Waals surface area contributed by atoms with Gasteiger partial charge in [0.1, 0.15) is 18.1 Å². The second kappa shape index (κ2) is 9.32. The Labute approximate surface area is 199 Å². The lowest BCUT2D eigenvalue weighted by atomic mass is 10.1. The molecule has 0 unspecified atom stereocenters. The normalized spacial score (nSPS) is 13.0. The van der Waals surface area contributed by atoms with Crippen molar-refractivity contribution in [2.75, 3.05) is 5.32 Å². The molecule has 5 rings (SSSR count). The van der Waals surface area contributed by atoms with E-state index in [2.05, 4.69) is 22.5 Å². The predicted molar refractivity (Wildman–Crippen MR) is 122 cm³/mol. The predicted octanol–water partition coefficient (Wildman–Crippen LogP) is 5.86. The van der Waals surface area contributed by atoms with E-state index in [1.807, 2.05) is 6.07 Å². The zero-order valence-corrected chi connectivity index (χ0v) is 18.6. The lowest BCUT2D eigenvalue weighted by Gasteiger charge is -2.08. The van der Waals surface area contributed by atoms with Gasteiger partial charge in [0.15, 0.2) is 5.76 Å². The van der Waals surface area contributed by atoms with Gasteiger partial charge >= 0.3 is 6.18 Å². The molecule has 0 saturated carbocycles. The number of fused-ring (bicyclic) bond motifs is 1. The van der Waals surface area contributed by atoms with Crippen LogP contribution in [-0.2, 0) is 32.2 Å². The molecule has 35 heavy (non-hydrogen) atoms. The molecule has 6 nitrogen and oxygen atoms in total. The smallest absolute Gasteiger partial charge is 0.416 e. The number of nitrogens with zero attached hydrogens (tertiary/aromatic N) is 2. The topological polar surface area (TPSA) is 69.3 Å². The number of furan rings is 1. The first-order valence-corrected chi connectivity index (χ1v) is 11.2. The number of alkyl halides is 3. The van der Waals surface area contributed by atoms with E-state index in [0.29, 0.717) is 17.0 Å². The first kappa shape index (κ1) is 22.8. The fourth-order valence-electron chi connectivity index (χ4n) is 4.11. The number of carbonyl (C=O) groups excluding carboxylic acids is 1. The Bertz CT molecular complexity index is 1360. The number of aromatic nitrogens is 2. The van der Waals surface area contributed by atoms with Crippen LogP contribution < -0.4 is 10.1 Å². The van der Waals surface area contributed by atoms with Gasteiger partial charge < -0.3 is 14.5 Å². The van der Waals surface area contributed by atoms with Crippen LogP contribution in [0.5, 0.6) is 5.75 Å². The van der Waals surface area contributed by atoms with Crippen molar-refractivity contribution in [2.45, 2.75) is 38.6 Å². The summed E-state index contributed by atoms with van der Waals surface area (Å²) in [7, 11) is 0. The molecule has 180 valence electrons. The molecule has 0 atom stereocenters. The van der Waals surface area contributed by atoms with Crippen LogP contribution in [0.2, 0.25) is 0 Å². The fraction of sp³-hybridized carbons (Fsp3) is 0.231. The molecule has 0 aliphatic heterocycles. The van der Waals surface area contributed by atoms with Gasteiger partial charge in [0.2, 0.25) is 0 Å². The standard InChI is InChI=1S/C26H22F3N3O3/c27-26(28,29)20-6-1-3-17(11-20)14-32-15-21(13-30-32)31-25(33)24-10-9-23(35-24)16-34-22-8-7-18-4-2-5-19(18)12-22/h1,3,6-13,15H,2,4-5,14,16H2,(H,31,33).